The second-order valence-corrected chi connectivity index (χ2v) is 7.41. The topological polar surface area (TPSA) is 67.4 Å². The number of nitrogens with one attached hydrogen (secondary N) is 1. The van der Waals surface area contributed by atoms with Gasteiger partial charge in [-0.25, -0.2) is 9.97 Å². The van der Waals surface area contributed by atoms with Crippen molar-refractivity contribution >= 4 is 11.9 Å². The largest absolute Gasteiger partial charge is 0.377 e. The zero-order valence-corrected chi connectivity index (χ0v) is 15.1. The minimum absolute atomic E-state index is 0.0519. The highest BCUT2D eigenvalue weighted by Gasteiger charge is 2.42. The molecule has 1 N–H and O–H groups in total. The predicted octanol–water partition coefficient (Wildman–Crippen LogP) is 1.85. The van der Waals surface area contributed by atoms with E-state index in [0.29, 0.717) is 18.3 Å². The van der Waals surface area contributed by atoms with Crippen molar-refractivity contribution in [1.29, 1.82) is 0 Å². The number of aromatic nitrogens is 2. The van der Waals surface area contributed by atoms with Crippen molar-refractivity contribution in [2.75, 3.05) is 24.6 Å². The summed E-state index contributed by atoms with van der Waals surface area (Å²) in [7, 11) is 0. The van der Waals surface area contributed by atoms with Gasteiger partial charge in [-0.05, 0) is 46.1 Å². The van der Waals surface area contributed by atoms with Crippen LogP contribution in [0.4, 0.5) is 5.95 Å². The summed E-state index contributed by atoms with van der Waals surface area (Å²) in [5.41, 5.74) is 2.01. The van der Waals surface area contributed by atoms with Gasteiger partial charge >= 0.3 is 0 Å². The number of aryl methyl sites for hydroxylation is 2. The van der Waals surface area contributed by atoms with Gasteiger partial charge in [-0.15, -0.1) is 0 Å². The molecule has 2 aliphatic heterocycles. The van der Waals surface area contributed by atoms with Crippen LogP contribution in [0.1, 0.15) is 38.1 Å². The highest BCUT2D eigenvalue weighted by molar-refractivity contribution is 5.76. The van der Waals surface area contributed by atoms with E-state index < -0.39 is 0 Å². The molecule has 1 aromatic heterocycles. The van der Waals surface area contributed by atoms with E-state index in [1.807, 2.05) is 33.8 Å². The minimum atomic E-state index is 0.0519. The van der Waals surface area contributed by atoms with E-state index >= 15 is 0 Å². The van der Waals surface area contributed by atoms with Gasteiger partial charge in [0.15, 0.2) is 0 Å². The molecule has 3 heterocycles. The number of fused-ring (bicyclic) bond motifs is 1. The van der Waals surface area contributed by atoms with Crippen LogP contribution in [0.3, 0.4) is 0 Å². The van der Waals surface area contributed by atoms with Gasteiger partial charge in [0, 0.05) is 36.4 Å². The molecule has 0 bridgehead atoms. The Morgan fingerprint density at radius 2 is 2.08 bits per heavy atom. The third-order valence-corrected chi connectivity index (χ3v) is 4.88. The maximum Gasteiger partial charge on any atom is 0.225 e. The fourth-order valence-corrected chi connectivity index (χ4v) is 3.89. The molecule has 6 nitrogen and oxygen atoms in total. The van der Waals surface area contributed by atoms with Gasteiger partial charge in [0.25, 0.3) is 0 Å². The molecule has 0 radical (unpaired) electrons. The monoisotopic (exact) mass is 332 g/mol. The molecule has 2 aliphatic rings. The van der Waals surface area contributed by atoms with E-state index in [1.54, 1.807) is 0 Å². The van der Waals surface area contributed by atoms with E-state index in [1.165, 1.54) is 0 Å². The van der Waals surface area contributed by atoms with Crippen LogP contribution < -0.4 is 10.2 Å². The van der Waals surface area contributed by atoms with Gasteiger partial charge in [-0.2, -0.15) is 0 Å². The molecule has 0 aromatic carbocycles. The molecular formula is C18H28N4O2. The van der Waals surface area contributed by atoms with E-state index in [4.69, 9.17) is 4.74 Å². The van der Waals surface area contributed by atoms with Crippen LogP contribution >= 0.6 is 0 Å². The summed E-state index contributed by atoms with van der Waals surface area (Å²) in [5, 5.41) is 2.96. The van der Waals surface area contributed by atoms with E-state index in [2.05, 4.69) is 20.2 Å². The second kappa shape index (κ2) is 7.05. The number of hydrogen-bond donors (Lipinski definition) is 1. The summed E-state index contributed by atoms with van der Waals surface area (Å²) in [6.45, 7) is 10.5. The van der Waals surface area contributed by atoms with E-state index in [0.717, 1.165) is 43.5 Å². The Bertz CT molecular complexity index is 584. The molecule has 2 saturated heterocycles. The van der Waals surface area contributed by atoms with Crippen molar-refractivity contribution in [3.05, 3.63) is 17.5 Å². The van der Waals surface area contributed by atoms with Gasteiger partial charge in [0.05, 0.1) is 19.1 Å². The Hall–Kier alpha value is -1.69. The summed E-state index contributed by atoms with van der Waals surface area (Å²) < 4.78 is 5.96. The third-order valence-electron chi connectivity index (χ3n) is 4.88. The minimum Gasteiger partial charge on any atom is -0.377 e. The van der Waals surface area contributed by atoms with Gasteiger partial charge < -0.3 is 15.0 Å². The van der Waals surface area contributed by atoms with Crippen LogP contribution in [0.15, 0.2) is 6.07 Å². The summed E-state index contributed by atoms with van der Waals surface area (Å²) >= 11 is 0. The number of hydrogen-bond acceptors (Lipinski definition) is 5. The number of ether oxygens (including phenoxy) is 1. The summed E-state index contributed by atoms with van der Waals surface area (Å²) in [4.78, 5) is 23.5. The highest BCUT2D eigenvalue weighted by Crippen LogP contribution is 2.36. The molecule has 0 unspecified atom stereocenters. The summed E-state index contributed by atoms with van der Waals surface area (Å²) in [5.74, 6) is 1.84. The number of carbonyl (C=O) groups is 1. The number of piperidine rings is 1. The first-order valence-electron chi connectivity index (χ1n) is 8.90. The Morgan fingerprint density at radius 3 is 2.75 bits per heavy atom. The smallest absolute Gasteiger partial charge is 0.225 e. The van der Waals surface area contributed by atoms with Gasteiger partial charge in [0.1, 0.15) is 0 Å². The Kier molecular flexibility index (Phi) is 5.04. The Labute approximate surface area is 144 Å². The highest BCUT2D eigenvalue weighted by atomic mass is 16.5. The zero-order valence-electron chi connectivity index (χ0n) is 15.1. The average molecular weight is 332 g/mol. The molecule has 0 aliphatic carbocycles. The van der Waals surface area contributed by atoms with Crippen LogP contribution in [-0.2, 0) is 9.53 Å². The molecule has 132 valence electrons. The molecule has 2 fully saturated rings. The van der Waals surface area contributed by atoms with Crippen LogP contribution in [0.25, 0.3) is 0 Å². The molecule has 1 aromatic rings. The zero-order chi connectivity index (χ0) is 17.3. The maximum absolute atomic E-state index is 12.0. The standard InChI is InChI=1S/C18H28N4O2/c1-11(2)19-17(23)8-16-15-5-6-22(9-14(15)10-24-16)18-20-12(3)7-13(4)21-18/h7,11,14-16H,5-6,8-10H2,1-4H3,(H,19,23)/t14-,15-,16+/m1/s1. The first-order chi connectivity index (χ1) is 11.4. The Balaban J connectivity index is 1.61. The summed E-state index contributed by atoms with van der Waals surface area (Å²) in [6, 6.07) is 2.18. The van der Waals surface area contributed by atoms with Crippen molar-refractivity contribution in [2.24, 2.45) is 11.8 Å². The third kappa shape index (κ3) is 3.86. The molecule has 3 atom stereocenters. The quantitative estimate of drug-likeness (QED) is 0.911. The molecule has 3 rings (SSSR count). The molecular weight excluding hydrogens is 304 g/mol. The molecule has 24 heavy (non-hydrogen) atoms. The van der Waals surface area contributed by atoms with Crippen LogP contribution in [0.5, 0.6) is 0 Å². The predicted molar refractivity (Wildman–Crippen MR) is 93.0 cm³/mol. The fourth-order valence-electron chi connectivity index (χ4n) is 3.89. The lowest BCUT2D eigenvalue weighted by Gasteiger charge is -2.35. The number of nitrogens with zero attached hydrogens (tertiary/aromatic N) is 3. The van der Waals surface area contributed by atoms with Gasteiger partial charge in [0.2, 0.25) is 11.9 Å². The number of carbonyl (C=O) groups excluding carboxylic acids is 1. The SMILES string of the molecule is Cc1cc(C)nc(N2CC[C@@H]3[C@@H](CO[C@H]3CC(=O)NC(C)C)C2)n1. The molecule has 0 spiro atoms. The van der Waals surface area contributed by atoms with Crippen LogP contribution in [0.2, 0.25) is 0 Å². The fraction of sp³-hybridized carbons (Fsp3) is 0.722. The van der Waals surface area contributed by atoms with Crippen molar-refractivity contribution in [3.8, 4) is 0 Å². The number of anilines is 1. The molecule has 0 saturated carbocycles. The van der Waals surface area contributed by atoms with Crippen molar-refractivity contribution in [1.82, 2.24) is 15.3 Å². The summed E-state index contributed by atoms with van der Waals surface area (Å²) in [6.07, 6.45) is 1.55. The normalized spacial score (nSPS) is 26.5. The lowest BCUT2D eigenvalue weighted by molar-refractivity contribution is -0.124. The number of amides is 1. The van der Waals surface area contributed by atoms with Gasteiger partial charge in [-0.3, -0.25) is 4.79 Å². The average Bonchev–Trinajstić information content (AvgIpc) is 2.87. The molecule has 6 heteroatoms. The second-order valence-electron chi connectivity index (χ2n) is 7.41. The Morgan fingerprint density at radius 1 is 1.38 bits per heavy atom. The van der Waals surface area contributed by atoms with Crippen molar-refractivity contribution in [2.45, 2.75) is 52.7 Å². The maximum atomic E-state index is 12.0. The first kappa shape index (κ1) is 17.1. The van der Waals surface area contributed by atoms with Gasteiger partial charge in [-0.1, -0.05) is 0 Å². The van der Waals surface area contributed by atoms with Crippen molar-refractivity contribution in [3.63, 3.8) is 0 Å². The van der Waals surface area contributed by atoms with E-state index in [9.17, 15) is 4.79 Å². The van der Waals surface area contributed by atoms with Crippen LogP contribution in [-0.4, -0.2) is 47.7 Å². The number of rotatable bonds is 4. The molecule has 1 amide bonds. The lowest BCUT2D eigenvalue weighted by Crippen LogP contribution is -2.43. The lowest BCUT2D eigenvalue weighted by atomic mass is 9.83. The van der Waals surface area contributed by atoms with Crippen molar-refractivity contribution < 1.29 is 9.53 Å². The first-order valence-corrected chi connectivity index (χ1v) is 8.90. The van der Waals surface area contributed by atoms with E-state index in [-0.39, 0.29) is 18.1 Å². The van der Waals surface area contributed by atoms with Crippen LogP contribution in [0, 0.1) is 25.7 Å².